The molecule has 1 fully saturated rings. The molecule has 3 rings (SSSR count). The molecular formula is C26H31Cl3N2O2S. The molecule has 184 valence electrons. The van der Waals surface area contributed by atoms with Gasteiger partial charge in [0.1, 0.15) is 6.04 Å². The SMILES string of the molecule is C[C@H](C(=O)NC1CCCCC1)N(Cc1c(Cl)cccc1Cl)C(=O)CCCSc1ccc(Cl)cc1. The molecule has 1 aliphatic rings. The highest BCUT2D eigenvalue weighted by molar-refractivity contribution is 7.99. The molecule has 0 aromatic heterocycles. The van der Waals surface area contributed by atoms with Crippen molar-refractivity contribution in [1.29, 1.82) is 0 Å². The summed E-state index contributed by atoms with van der Waals surface area (Å²) in [6, 6.07) is 12.5. The molecule has 0 saturated heterocycles. The molecule has 1 atom stereocenters. The maximum Gasteiger partial charge on any atom is 0.242 e. The zero-order valence-electron chi connectivity index (χ0n) is 19.4. The van der Waals surface area contributed by atoms with Gasteiger partial charge in [-0.2, -0.15) is 0 Å². The van der Waals surface area contributed by atoms with Gasteiger partial charge in [0.2, 0.25) is 11.8 Å². The summed E-state index contributed by atoms with van der Waals surface area (Å²) in [4.78, 5) is 29.1. The summed E-state index contributed by atoms with van der Waals surface area (Å²) in [5.74, 6) is 0.578. The van der Waals surface area contributed by atoms with Crippen molar-refractivity contribution in [2.75, 3.05) is 5.75 Å². The van der Waals surface area contributed by atoms with E-state index in [1.54, 1.807) is 41.8 Å². The van der Waals surface area contributed by atoms with Gasteiger partial charge in [-0.15, -0.1) is 11.8 Å². The Kier molecular flexibility index (Phi) is 10.9. The number of thioether (sulfide) groups is 1. The lowest BCUT2D eigenvalue weighted by Crippen LogP contribution is -2.50. The number of hydrogen-bond donors (Lipinski definition) is 1. The standard InChI is InChI=1S/C26H31Cl3N2O2S/c1-18(26(33)30-20-7-3-2-4-8-20)31(17-22-23(28)9-5-10-24(22)29)25(32)11-6-16-34-21-14-12-19(27)13-15-21/h5,9-10,12-15,18,20H,2-4,6-8,11,16-17H2,1H3,(H,30,33)/t18-/m1/s1. The summed E-state index contributed by atoms with van der Waals surface area (Å²) in [6.45, 7) is 1.98. The first kappa shape index (κ1) is 27.2. The monoisotopic (exact) mass is 540 g/mol. The molecule has 1 N–H and O–H groups in total. The van der Waals surface area contributed by atoms with Crippen LogP contribution in [0.15, 0.2) is 47.4 Å². The molecule has 0 aliphatic heterocycles. The number of carbonyl (C=O) groups is 2. The van der Waals surface area contributed by atoms with E-state index in [4.69, 9.17) is 34.8 Å². The van der Waals surface area contributed by atoms with Gasteiger partial charge in [0.05, 0.1) is 0 Å². The molecule has 34 heavy (non-hydrogen) atoms. The van der Waals surface area contributed by atoms with E-state index in [0.717, 1.165) is 36.3 Å². The molecule has 2 aromatic carbocycles. The van der Waals surface area contributed by atoms with Crippen LogP contribution in [0.3, 0.4) is 0 Å². The first-order valence-corrected chi connectivity index (χ1v) is 13.9. The Morgan fingerprint density at radius 3 is 2.32 bits per heavy atom. The van der Waals surface area contributed by atoms with Gasteiger partial charge in [0.15, 0.2) is 0 Å². The lowest BCUT2D eigenvalue weighted by molar-refractivity contribution is -0.141. The summed E-state index contributed by atoms with van der Waals surface area (Å²) < 4.78 is 0. The largest absolute Gasteiger partial charge is 0.352 e. The maximum absolute atomic E-state index is 13.3. The third-order valence-electron chi connectivity index (χ3n) is 6.13. The minimum absolute atomic E-state index is 0.0843. The van der Waals surface area contributed by atoms with Gasteiger partial charge < -0.3 is 10.2 Å². The van der Waals surface area contributed by atoms with Crippen molar-refractivity contribution < 1.29 is 9.59 Å². The topological polar surface area (TPSA) is 49.4 Å². The van der Waals surface area contributed by atoms with Crippen LogP contribution in [0, 0.1) is 0 Å². The van der Waals surface area contributed by atoms with Crippen molar-refractivity contribution in [1.82, 2.24) is 10.2 Å². The smallest absolute Gasteiger partial charge is 0.242 e. The number of nitrogens with zero attached hydrogens (tertiary/aromatic N) is 1. The highest BCUT2D eigenvalue weighted by Crippen LogP contribution is 2.28. The fourth-order valence-corrected chi connectivity index (χ4v) is 5.59. The van der Waals surface area contributed by atoms with Crippen LogP contribution in [0.4, 0.5) is 0 Å². The molecular weight excluding hydrogens is 511 g/mol. The van der Waals surface area contributed by atoms with Crippen molar-refractivity contribution >= 4 is 58.4 Å². The van der Waals surface area contributed by atoms with E-state index in [9.17, 15) is 9.59 Å². The van der Waals surface area contributed by atoms with Crippen molar-refractivity contribution in [2.24, 2.45) is 0 Å². The highest BCUT2D eigenvalue weighted by atomic mass is 35.5. The molecule has 1 saturated carbocycles. The number of benzene rings is 2. The quantitative estimate of drug-likeness (QED) is 0.252. The maximum atomic E-state index is 13.3. The van der Waals surface area contributed by atoms with Gasteiger partial charge in [-0.1, -0.05) is 60.1 Å². The third kappa shape index (κ3) is 8.08. The molecule has 1 aliphatic carbocycles. The normalized spacial score (nSPS) is 15.1. The summed E-state index contributed by atoms with van der Waals surface area (Å²) in [6.07, 6.45) is 6.48. The third-order valence-corrected chi connectivity index (χ3v) is 8.18. The van der Waals surface area contributed by atoms with E-state index < -0.39 is 6.04 Å². The van der Waals surface area contributed by atoms with Gasteiger partial charge in [0, 0.05) is 44.5 Å². The Labute approximate surface area is 221 Å². The summed E-state index contributed by atoms with van der Waals surface area (Å²) in [5, 5.41) is 4.83. The molecule has 0 unspecified atom stereocenters. The van der Waals surface area contributed by atoms with Crippen LogP contribution < -0.4 is 5.32 Å². The van der Waals surface area contributed by atoms with E-state index in [0.29, 0.717) is 33.5 Å². The number of carbonyl (C=O) groups excluding carboxylic acids is 2. The van der Waals surface area contributed by atoms with Crippen LogP contribution in [0.2, 0.25) is 15.1 Å². The average molecular weight is 542 g/mol. The lowest BCUT2D eigenvalue weighted by atomic mass is 9.95. The Morgan fingerprint density at radius 1 is 1.03 bits per heavy atom. The van der Waals surface area contributed by atoms with Crippen LogP contribution in [0.5, 0.6) is 0 Å². The fraction of sp³-hybridized carbons (Fsp3) is 0.462. The van der Waals surface area contributed by atoms with Gasteiger partial charge in [-0.25, -0.2) is 0 Å². The van der Waals surface area contributed by atoms with Crippen molar-refractivity contribution in [2.45, 2.75) is 75.4 Å². The minimum atomic E-state index is -0.620. The first-order chi connectivity index (χ1) is 16.3. The number of nitrogens with one attached hydrogen (secondary N) is 1. The van der Waals surface area contributed by atoms with Gasteiger partial charge in [-0.3, -0.25) is 9.59 Å². The van der Waals surface area contributed by atoms with E-state index in [1.165, 1.54) is 6.42 Å². The number of rotatable bonds is 10. The van der Waals surface area contributed by atoms with Crippen LogP contribution in [0.25, 0.3) is 0 Å². The lowest BCUT2D eigenvalue weighted by Gasteiger charge is -2.31. The summed E-state index contributed by atoms with van der Waals surface area (Å²) in [5.41, 5.74) is 0.659. The second-order valence-corrected chi connectivity index (χ2v) is 11.1. The second kappa shape index (κ2) is 13.6. The van der Waals surface area contributed by atoms with Gasteiger partial charge >= 0.3 is 0 Å². The molecule has 0 radical (unpaired) electrons. The fourth-order valence-electron chi connectivity index (χ4n) is 4.09. The Morgan fingerprint density at radius 2 is 1.68 bits per heavy atom. The first-order valence-electron chi connectivity index (χ1n) is 11.8. The Balaban J connectivity index is 1.64. The minimum Gasteiger partial charge on any atom is -0.352 e. The zero-order chi connectivity index (χ0) is 24.5. The molecule has 4 nitrogen and oxygen atoms in total. The van der Waals surface area contributed by atoms with E-state index in [-0.39, 0.29) is 24.4 Å². The average Bonchev–Trinajstić information content (AvgIpc) is 2.83. The highest BCUT2D eigenvalue weighted by Gasteiger charge is 2.28. The number of hydrogen-bond acceptors (Lipinski definition) is 3. The predicted molar refractivity (Wildman–Crippen MR) is 143 cm³/mol. The van der Waals surface area contributed by atoms with Crippen LogP contribution in [0.1, 0.15) is 57.4 Å². The van der Waals surface area contributed by atoms with Crippen molar-refractivity contribution in [3.05, 3.63) is 63.1 Å². The van der Waals surface area contributed by atoms with Crippen molar-refractivity contribution in [3.63, 3.8) is 0 Å². The summed E-state index contributed by atoms with van der Waals surface area (Å²) in [7, 11) is 0. The molecule has 0 bridgehead atoms. The van der Waals surface area contributed by atoms with E-state index >= 15 is 0 Å². The van der Waals surface area contributed by atoms with E-state index in [1.807, 2.05) is 24.3 Å². The predicted octanol–water partition coefficient (Wildman–Crippen LogP) is 7.39. The molecule has 0 heterocycles. The Bertz CT molecular complexity index is 945. The molecule has 2 aromatic rings. The molecule has 0 spiro atoms. The van der Waals surface area contributed by atoms with Crippen LogP contribution in [-0.4, -0.2) is 34.6 Å². The van der Waals surface area contributed by atoms with Gasteiger partial charge in [-0.05, 0) is 68.3 Å². The van der Waals surface area contributed by atoms with E-state index in [2.05, 4.69) is 5.32 Å². The van der Waals surface area contributed by atoms with Crippen LogP contribution >= 0.6 is 46.6 Å². The number of halogens is 3. The van der Waals surface area contributed by atoms with Gasteiger partial charge in [0.25, 0.3) is 0 Å². The Hall–Kier alpha value is -1.40. The van der Waals surface area contributed by atoms with Crippen LogP contribution in [-0.2, 0) is 16.1 Å². The summed E-state index contributed by atoms with van der Waals surface area (Å²) >= 11 is 20.4. The number of amides is 2. The zero-order valence-corrected chi connectivity index (χ0v) is 22.5. The second-order valence-electron chi connectivity index (χ2n) is 8.65. The molecule has 8 heteroatoms. The molecule has 2 amide bonds. The van der Waals surface area contributed by atoms with Crippen molar-refractivity contribution in [3.8, 4) is 0 Å².